The summed E-state index contributed by atoms with van der Waals surface area (Å²) >= 11 is 0. The summed E-state index contributed by atoms with van der Waals surface area (Å²) in [6, 6.07) is 6.13. The van der Waals surface area contributed by atoms with Gasteiger partial charge in [-0.3, -0.25) is 14.8 Å². The average Bonchev–Trinajstić information content (AvgIpc) is 3.18. The van der Waals surface area contributed by atoms with Crippen molar-refractivity contribution < 1.29 is 32.7 Å². The standard InChI is InChI=1S/C20H29N3O7S/c1-3-4-8-14(11-18(24)21-27)19(25)23-13-15(12-17(23)20(26)30-2)22-31(28,29)16-9-6-5-7-10-16/h5-7,9-10,14-15,17,22,27H,3-4,8,11-13H2,1-2H3,(H,21,24)/t14-,15+,17+/m1/s1. The Kier molecular flexibility index (Phi) is 8.96. The van der Waals surface area contributed by atoms with Crippen molar-refractivity contribution in [3.8, 4) is 0 Å². The Labute approximate surface area is 182 Å². The Morgan fingerprint density at radius 2 is 1.94 bits per heavy atom. The number of nitrogens with one attached hydrogen (secondary N) is 2. The summed E-state index contributed by atoms with van der Waals surface area (Å²) in [5.41, 5.74) is 1.53. The third-order valence-corrected chi connectivity index (χ3v) is 6.78. The maximum absolute atomic E-state index is 13.2. The van der Waals surface area contributed by atoms with Crippen LogP contribution in [0.25, 0.3) is 0 Å². The van der Waals surface area contributed by atoms with E-state index >= 15 is 0 Å². The molecule has 1 aliphatic rings. The largest absolute Gasteiger partial charge is 0.467 e. The first-order chi connectivity index (χ1) is 14.7. The smallest absolute Gasteiger partial charge is 0.328 e. The number of amides is 2. The first kappa shape index (κ1) is 24.8. The fourth-order valence-corrected chi connectivity index (χ4v) is 4.94. The van der Waals surface area contributed by atoms with Crippen LogP contribution in [0.1, 0.15) is 39.0 Å². The van der Waals surface area contributed by atoms with Crippen molar-refractivity contribution in [1.82, 2.24) is 15.1 Å². The number of hydrogen-bond donors (Lipinski definition) is 3. The van der Waals surface area contributed by atoms with Gasteiger partial charge in [0.15, 0.2) is 0 Å². The molecular weight excluding hydrogens is 426 g/mol. The molecule has 0 aliphatic carbocycles. The van der Waals surface area contributed by atoms with Crippen molar-refractivity contribution in [2.24, 2.45) is 5.92 Å². The van der Waals surface area contributed by atoms with Crippen molar-refractivity contribution >= 4 is 27.8 Å². The van der Waals surface area contributed by atoms with E-state index in [4.69, 9.17) is 9.94 Å². The number of unbranched alkanes of at least 4 members (excludes halogenated alkanes) is 1. The van der Waals surface area contributed by atoms with Crippen molar-refractivity contribution in [2.45, 2.75) is 56.0 Å². The van der Waals surface area contributed by atoms with Crippen LogP contribution < -0.4 is 10.2 Å². The van der Waals surface area contributed by atoms with Crippen molar-refractivity contribution in [3.63, 3.8) is 0 Å². The van der Waals surface area contributed by atoms with E-state index in [9.17, 15) is 22.8 Å². The van der Waals surface area contributed by atoms with Crippen LogP contribution >= 0.6 is 0 Å². The average molecular weight is 456 g/mol. The molecule has 1 saturated heterocycles. The van der Waals surface area contributed by atoms with Gasteiger partial charge in [-0.2, -0.15) is 0 Å². The van der Waals surface area contributed by atoms with E-state index in [0.717, 1.165) is 6.42 Å². The predicted octanol–water partition coefficient (Wildman–Crippen LogP) is 0.809. The van der Waals surface area contributed by atoms with E-state index in [2.05, 4.69) is 4.72 Å². The Balaban J connectivity index is 2.22. The summed E-state index contributed by atoms with van der Waals surface area (Å²) in [7, 11) is -2.65. The van der Waals surface area contributed by atoms with Crippen LogP contribution in [0, 0.1) is 5.92 Å². The molecule has 1 aliphatic heterocycles. The predicted molar refractivity (Wildman–Crippen MR) is 110 cm³/mol. The monoisotopic (exact) mass is 455 g/mol. The second-order valence-electron chi connectivity index (χ2n) is 7.47. The normalized spacial score (nSPS) is 19.6. The van der Waals surface area contributed by atoms with Crippen LogP contribution in [-0.2, 0) is 29.1 Å². The fourth-order valence-electron chi connectivity index (χ4n) is 3.68. The summed E-state index contributed by atoms with van der Waals surface area (Å²) in [4.78, 5) is 38.5. The highest BCUT2D eigenvalue weighted by Gasteiger charge is 2.43. The molecule has 0 spiro atoms. The number of likely N-dealkylation sites (tertiary alicyclic amines) is 1. The summed E-state index contributed by atoms with van der Waals surface area (Å²) in [5, 5.41) is 8.84. The van der Waals surface area contributed by atoms with Crippen molar-refractivity contribution in [3.05, 3.63) is 30.3 Å². The summed E-state index contributed by atoms with van der Waals surface area (Å²) in [6.45, 7) is 1.91. The molecule has 2 amide bonds. The van der Waals surface area contributed by atoms with Gasteiger partial charge in [0.25, 0.3) is 0 Å². The van der Waals surface area contributed by atoms with Gasteiger partial charge in [0.05, 0.1) is 12.0 Å². The quantitative estimate of drug-likeness (QED) is 0.269. The van der Waals surface area contributed by atoms with Crippen LogP contribution in [-0.4, -0.2) is 62.0 Å². The van der Waals surface area contributed by atoms with Gasteiger partial charge < -0.3 is 9.64 Å². The molecule has 172 valence electrons. The lowest BCUT2D eigenvalue weighted by atomic mass is 9.96. The number of rotatable bonds is 10. The fraction of sp³-hybridized carbons (Fsp3) is 0.550. The van der Waals surface area contributed by atoms with Crippen LogP contribution in [0.4, 0.5) is 0 Å². The minimum atomic E-state index is -3.84. The zero-order valence-electron chi connectivity index (χ0n) is 17.6. The number of carbonyl (C=O) groups is 3. The number of benzene rings is 1. The number of carbonyl (C=O) groups excluding carboxylic acids is 3. The SMILES string of the molecule is CCCC[C@H](CC(=O)NO)C(=O)N1C[C@@H](NS(=O)(=O)c2ccccc2)C[C@H]1C(=O)OC. The first-order valence-corrected chi connectivity index (χ1v) is 11.6. The molecule has 3 N–H and O–H groups in total. The Hall–Kier alpha value is -2.50. The van der Waals surface area contributed by atoms with Crippen LogP contribution in [0.2, 0.25) is 0 Å². The van der Waals surface area contributed by atoms with Crippen LogP contribution in [0.3, 0.4) is 0 Å². The van der Waals surface area contributed by atoms with Gasteiger partial charge in [0, 0.05) is 24.9 Å². The highest BCUT2D eigenvalue weighted by Crippen LogP contribution is 2.26. The lowest BCUT2D eigenvalue weighted by molar-refractivity contribution is -0.153. The number of nitrogens with zero attached hydrogens (tertiary/aromatic N) is 1. The van der Waals surface area contributed by atoms with Gasteiger partial charge in [0.2, 0.25) is 21.8 Å². The third-order valence-electron chi connectivity index (χ3n) is 5.24. The lowest BCUT2D eigenvalue weighted by Crippen LogP contribution is -2.45. The molecule has 1 aromatic rings. The molecule has 31 heavy (non-hydrogen) atoms. The molecule has 3 atom stereocenters. The van der Waals surface area contributed by atoms with E-state index in [1.54, 1.807) is 18.2 Å². The molecule has 2 rings (SSSR count). The lowest BCUT2D eigenvalue weighted by Gasteiger charge is -2.27. The minimum absolute atomic E-state index is 0.0337. The zero-order valence-corrected chi connectivity index (χ0v) is 18.4. The molecule has 10 nitrogen and oxygen atoms in total. The van der Waals surface area contributed by atoms with Gasteiger partial charge in [-0.1, -0.05) is 38.0 Å². The second kappa shape index (κ2) is 11.2. The van der Waals surface area contributed by atoms with Gasteiger partial charge in [-0.15, -0.1) is 0 Å². The molecule has 0 saturated carbocycles. The van der Waals surface area contributed by atoms with Gasteiger partial charge in [-0.05, 0) is 25.0 Å². The molecule has 0 bridgehead atoms. The van der Waals surface area contributed by atoms with E-state index in [1.807, 2.05) is 6.92 Å². The van der Waals surface area contributed by atoms with Crippen molar-refractivity contribution in [2.75, 3.05) is 13.7 Å². The Morgan fingerprint density at radius 1 is 1.26 bits per heavy atom. The molecule has 11 heteroatoms. The number of sulfonamides is 1. The molecule has 1 fully saturated rings. The molecule has 0 unspecified atom stereocenters. The topological polar surface area (TPSA) is 142 Å². The third kappa shape index (κ3) is 6.49. The van der Waals surface area contributed by atoms with Gasteiger partial charge in [0.1, 0.15) is 6.04 Å². The molecule has 0 radical (unpaired) electrons. The number of hydroxylamine groups is 1. The van der Waals surface area contributed by atoms with E-state index in [-0.39, 0.29) is 24.3 Å². The van der Waals surface area contributed by atoms with E-state index in [1.165, 1.54) is 29.6 Å². The number of methoxy groups -OCH3 is 1. The summed E-state index contributed by atoms with van der Waals surface area (Å²) < 4.78 is 32.7. The summed E-state index contributed by atoms with van der Waals surface area (Å²) in [5.74, 6) is -2.56. The van der Waals surface area contributed by atoms with E-state index < -0.39 is 45.8 Å². The Morgan fingerprint density at radius 3 is 2.52 bits per heavy atom. The van der Waals surface area contributed by atoms with Gasteiger partial charge in [-0.25, -0.2) is 23.4 Å². The highest BCUT2D eigenvalue weighted by atomic mass is 32.2. The number of esters is 1. The maximum atomic E-state index is 13.2. The van der Waals surface area contributed by atoms with Crippen molar-refractivity contribution in [1.29, 1.82) is 0 Å². The zero-order chi connectivity index (χ0) is 23.0. The second-order valence-corrected chi connectivity index (χ2v) is 9.19. The molecule has 1 heterocycles. The Bertz CT molecular complexity index is 876. The minimum Gasteiger partial charge on any atom is -0.467 e. The molecule has 1 aromatic carbocycles. The summed E-state index contributed by atoms with van der Waals surface area (Å²) in [6.07, 6.45) is 1.69. The van der Waals surface area contributed by atoms with E-state index in [0.29, 0.717) is 12.8 Å². The van der Waals surface area contributed by atoms with Crippen LogP contribution in [0.5, 0.6) is 0 Å². The first-order valence-electron chi connectivity index (χ1n) is 10.1. The maximum Gasteiger partial charge on any atom is 0.328 e. The highest BCUT2D eigenvalue weighted by molar-refractivity contribution is 7.89. The number of hydrogen-bond acceptors (Lipinski definition) is 7. The van der Waals surface area contributed by atoms with Crippen LogP contribution in [0.15, 0.2) is 35.2 Å². The molecular formula is C20H29N3O7S. The number of ether oxygens (including phenoxy) is 1. The van der Waals surface area contributed by atoms with Gasteiger partial charge >= 0.3 is 5.97 Å². The molecule has 0 aromatic heterocycles.